The summed E-state index contributed by atoms with van der Waals surface area (Å²) >= 11 is 0. The summed E-state index contributed by atoms with van der Waals surface area (Å²) in [5.41, 5.74) is -0.703. The van der Waals surface area contributed by atoms with Crippen LogP contribution in [-0.4, -0.2) is 30.1 Å². The molecule has 21 heavy (non-hydrogen) atoms. The van der Waals surface area contributed by atoms with Crippen LogP contribution in [-0.2, 0) is 12.7 Å². The van der Waals surface area contributed by atoms with Crippen LogP contribution in [0.25, 0.3) is 0 Å². The maximum absolute atomic E-state index is 13.2. The van der Waals surface area contributed by atoms with E-state index in [1.165, 1.54) is 6.07 Å². The second kappa shape index (κ2) is 6.94. The lowest BCUT2D eigenvalue weighted by Gasteiger charge is -2.37. The van der Waals surface area contributed by atoms with E-state index in [1.54, 1.807) is 0 Å². The van der Waals surface area contributed by atoms with Gasteiger partial charge in [0.1, 0.15) is 5.82 Å². The standard InChI is InChI=1S/C14H18F4N2.ClH/c1-9-7-20(10(2)6-19-9)8-11-3-4-13(15)12(5-11)14(16,17)18;/h3-5,9-10,19H,6-8H2,1-2H3;1H/t9-,10+;/m1./s1. The van der Waals surface area contributed by atoms with Crippen molar-refractivity contribution in [3.05, 3.63) is 35.1 Å². The van der Waals surface area contributed by atoms with Crippen LogP contribution >= 0.6 is 12.4 Å². The normalized spacial score (nSPS) is 23.7. The fraction of sp³-hybridized carbons (Fsp3) is 0.571. The topological polar surface area (TPSA) is 15.3 Å². The third kappa shape index (κ3) is 4.56. The van der Waals surface area contributed by atoms with Crippen molar-refractivity contribution in [1.82, 2.24) is 10.2 Å². The van der Waals surface area contributed by atoms with Crippen LogP contribution in [0.5, 0.6) is 0 Å². The second-order valence-electron chi connectivity index (χ2n) is 5.40. The average Bonchev–Trinajstić information content (AvgIpc) is 2.35. The molecule has 1 aliphatic heterocycles. The Kier molecular flexibility index (Phi) is 6.01. The highest BCUT2D eigenvalue weighted by Gasteiger charge is 2.34. The quantitative estimate of drug-likeness (QED) is 0.837. The molecule has 120 valence electrons. The van der Waals surface area contributed by atoms with Crippen LogP contribution < -0.4 is 5.32 Å². The predicted molar refractivity (Wildman–Crippen MR) is 76.0 cm³/mol. The zero-order chi connectivity index (χ0) is 14.9. The summed E-state index contributed by atoms with van der Waals surface area (Å²) in [6.45, 7) is 6.02. The summed E-state index contributed by atoms with van der Waals surface area (Å²) in [5, 5.41) is 3.31. The predicted octanol–water partition coefficient (Wildman–Crippen LogP) is 3.45. The first-order valence-corrected chi connectivity index (χ1v) is 6.60. The molecule has 2 nitrogen and oxygen atoms in total. The van der Waals surface area contributed by atoms with Crippen molar-refractivity contribution in [2.75, 3.05) is 13.1 Å². The lowest BCUT2D eigenvalue weighted by molar-refractivity contribution is -0.140. The lowest BCUT2D eigenvalue weighted by Crippen LogP contribution is -2.53. The largest absolute Gasteiger partial charge is 0.419 e. The van der Waals surface area contributed by atoms with Crippen molar-refractivity contribution >= 4 is 12.4 Å². The SMILES string of the molecule is C[C@@H]1CN(Cc2ccc(F)c(C(F)(F)F)c2)[C@@H](C)CN1.Cl. The zero-order valence-electron chi connectivity index (χ0n) is 11.9. The van der Waals surface area contributed by atoms with Crippen molar-refractivity contribution in [1.29, 1.82) is 0 Å². The summed E-state index contributed by atoms with van der Waals surface area (Å²) in [7, 11) is 0. The Morgan fingerprint density at radius 3 is 2.57 bits per heavy atom. The third-order valence-electron chi connectivity index (χ3n) is 3.62. The van der Waals surface area contributed by atoms with Gasteiger partial charge in [0.25, 0.3) is 0 Å². The molecule has 1 fully saturated rings. The van der Waals surface area contributed by atoms with E-state index in [0.717, 1.165) is 25.2 Å². The Morgan fingerprint density at radius 2 is 1.95 bits per heavy atom. The fourth-order valence-corrected chi connectivity index (χ4v) is 2.44. The summed E-state index contributed by atoms with van der Waals surface area (Å²) in [6, 6.07) is 3.77. The zero-order valence-corrected chi connectivity index (χ0v) is 12.7. The molecule has 0 aromatic heterocycles. The molecule has 7 heteroatoms. The van der Waals surface area contributed by atoms with Gasteiger partial charge in [0.2, 0.25) is 0 Å². The van der Waals surface area contributed by atoms with Gasteiger partial charge in [0.05, 0.1) is 5.56 Å². The number of hydrogen-bond acceptors (Lipinski definition) is 2. The third-order valence-corrected chi connectivity index (χ3v) is 3.62. The van der Waals surface area contributed by atoms with Crippen molar-refractivity contribution in [3.8, 4) is 0 Å². The van der Waals surface area contributed by atoms with Crippen LogP contribution in [0.2, 0.25) is 0 Å². The number of rotatable bonds is 2. The minimum Gasteiger partial charge on any atom is -0.311 e. The summed E-state index contributed by atoms with van der Waals surface area (Å²) < 4.78 is 51.3. The molecule has 0 aliphatic carbocycles. The maximum Gasteiger partial charge on any atom is 0.419 e. The van der Waals surface area contributed by atoms with E-state index in [0.29, 0.717) is 18.2 Å². The summed E-state index contributed by atoms with van der Waals surface area (Å²) in [5.74, 6) is -1.22. The Bertz CT molecular complexity index is 479. The molecule has 0 saturated carbocycles. The van der Waals surface area contributed by atoms with Crippen molar-refractivity contribution in [2.45, 2.75) is 38.7 Å². The first-order chi connectivity index (χ1) is 9.27. The van der Waals surface area contributed by atoms with Gasteiger partial charge >= 0.3 is 6.18 Å². The van der Waals surface area contributed by atoms with Gasteiger partial charge in [0.15, 0.2) is 0 Å². The molecule has 2 rings (SSSR count). The van der Waals surface area contributed by atoms with E-state index in [2.05, 4.69) is 10.2 Å². The number of nitrogens with zero attached hydrogens (tertiary/aromatic N) is 1. The van der Waals surface area contributed by atoms with Crippen LogP contribution in [0.4, 0.5) is 17.6 Å². The highest BCUT2D eigenvalue weighted by molar-refractivity contribution is 5.85. The van der Waals surface area contributed by atoms with Gasteiger partial charge in [-0.3, -0.25) is 4.90 Å². The molecule has 0 spiro atoms. The number of nitrogens with one attached hydrogen (secondary N) is 1. The van der Waals surface area contributed by atoms with Gasteiger partial charge < -0.3 is 5.32 Å². The first-order valence-electron chi connectivity index (χ1n) is 6.60. The van der Waals surface area contributed by atoms with Gasteiger partial charge in [-0.1, -0.05) is 6.07 Å². The number of benzene rings is 1. The van der Waals surface area contributed by atoms with Crippen molar-refractivity contribution in [3.63, 3.8) is 0 Å². The molecular weight excluding hydrogens is 308 g/mol. The number of halogens is 5. The lowest BCUT2D eigenvalue weighted by atomic mass is 10.1. The Balaban J connectivity index is 0.00000220. The smallest absolute Gasteiger partial charge is 0.311 e. The molecule has 0 unspecified atom stereocenters. The van der Waals surface area contributed by atoms with Gasteiger partial charge in [0, 0.05) is 31.7 Å². The van der Waals surface area contributed by atoms with E-state index >= 15 is 0 Å². The number of alkyl halides is 3. The fourth-order valence-electron chi connectivity index (χ4n) is 2.44. The molecule has 2 atom stereocenters. The molecular formula is C14H19ClF4N2. The van der Waals surface area contributed by atoms with Crippen LogP contribution in [0.1, 0.15) is 25.0 Å². The van der Waals surface area contributed by atoms with Crippen molar-refractivity contribution < 1.29 is 17.6 Å². The minimum atomic E-state index is -4.65. The first kappa shape index (κ1) is 18.2. The van der Waals surface area contributed by atoms with Crippen molar-refractivity contribution in [2.24, 2.45) is 0 Å². The monoisotopic (exact) mass is 326 g/mol. The maximum atomic E-state index is 13.2. The van der Waals surface area contributed by atoms with Crippen LogP contribution in [0, 0.1) is 5.82 Å². The number of hydrogen-bond donors (Lipinski definition) is 1. The Morgan fingerprint density at radius 1 is 1.29 bits per heavy atom. The molecule has 1 aromatic carbocycles. The van der Waals surface area contributed by atoms with E-state index in [9.17, 15) is 17.6 Å². The molecule has 0 bridgehead atoms. The molecule has 1 N–H and O–H groups in total. The molecule has 1 aliphatic rings. The second-order valence-corrected chi connectivity index (χ2v) is 5.40. The average molecular weight is 327 g/mol. The molecule has 1 aromatic rings. The van der Waals surface area contributed by atoms with Gasteiger partial charge in [-0.2, -0.15) is 13.2 Å². The van der Waals surface area contributed by atoms with Gasteiger partial charge in [-0.25, -0.2) is 4.39 Å². The summed E-state index contributed by atoms with van der Waals surface area (Å²) in [4.78, 5) is 2.11. The Hall–Kier alpha value is -0.850. The van der Waals surface area contributed by atoms with E-state index in [4.69, 9.17) is 0 Å². The van der Waals surface area contributed by atoms with E-state index in [-0.39, 0.29) is 18.4 Å². The molecule has 1 saturated heterocycles. The van der Waals surface area contributed by atoms with Crippen LogP contribution in [0.15, 0.2) is 18.2 Å². The van der Waals surface area contributed by atoms with E-state index < -0.39 is 17.6 Å². The minimum absolute atomic E-state index is 0. The van der Waals surface area contributed by atoms with Gasteiger partial charge in [-0.05, 0) is 31.5 Å². The summed E-state index contributed by atoms with van der Waals surface area (Å²) in [6.07, 6.45) is -4.65. The number of piperazine rings is 1. The highest BCUT2D eigenvalue weighted by Crippen LogP contribution is 2.32. The van der Waals surface area contributed by atoms with Crippen LogP contribution in [0.3, 0.4) is 0 Å². The highest BCUT2D eigenvalue weighted by atomic mass is 35.5. The van der Waals surface area contributed by atoms with E-state index in [1.807, 2.05) is 13.8 Å². The molecule has 0 amide bonds. The van der Waals surface area contributed by atoms with Gasteiger partial charge in [-0.15, -0.1) is 12.4 Å². The Labute approximate surface area is 127 Å². The molecule has 1 heterocycles. The molecule has 0 radical (unpaired) electrons.